The summed E-state index contributed by atoms with van der Waals surface area (Å²) in [6, 6.07) is 11.9. The SMILES string of the molecule is CCc1cccc(CC)c1Nc1cncc(C(=O)NCc2cccnc2)c1. The first-order chi connectivity index (χ1) is 13.2. The number of carbonyl (C=O) groups excluding carboxylic acids is 1. The number of hydrogen-bond donors (Lipinski definition) is 2. The summed E-state index contributed by atoms with van der Waals surface area (Å²) in [4.78, 5) is 20.8. The maximum Gasteiger partial charge on any atom is 0.253 e. The van der Waals surface area contributed by atoms with Crippen molar-refractivity contribution < 1.29 is 4.79 Å². The van der Waals surface area contributed by atoms with Crippen LogP contribution in [0.3, 0.4) is 0 Å². The molecule has 5 nitrogen and oxygen atoms in total. The molecular weight excluding hydrogens is 336 g/mol. The van der Waals surface area contributed by atoms with E-state index in [9.17, 15) is 4.79 Å². The van der Waals surface area contributed by atoms with Gasteiger partial charge in [-0.25, -0.2) is 0 Å². The van der Waals surface area contributed by atoms with Gasteiger partial charge in [-0.1, -0.05) is 38.1 Å². The third kappa shape index (κ3) is 4.70. The van der Waals surface area contributed by atoms with Gasteiger partial charge in [0.1, 0.15) is 0 Å². The second-order valence-corrected chi connectivity index (χ2v) is 6.29. The Morgan fingerprint density at radius 2 is 1.74 bits per heavy atom. The van der Waals surface area contributed by atoms with Crippen LogP contribution in [0.15, 0.2) is 61.2 Å². The molecule has 27 heavy (non-hydrogen) atoms. The number of aryl methyl sites for hydroxylation is 2. The van der Waals surface area contributed by atoms with Crippen LogP contribution >= 0.6 is 0 Å². The molecule has 0 unspecified atom stereocenters. The van der Waals surface area contributed by atoms with Gasteiger partial charge in [-0.05, 0) is 41.7 Å². The number of nitrogens with one attached hydrogen (secondary N) is 2. The molecule has 2 N–H and O–H groups in total. The molecule has 0 bridgehead atoms. The number of hydrogen-bond acceptors (Lipinski definition) is 4. The normalized spacial score (nSPS) is 10.4. The number of benzene rings is 1. The molecule has 138 valence electrons. The number of para-hydroxylation sites is 1. The maximum absolute atomic E-state index is 12.5. The molecule has 3 rings (SSSR count). The van der Waals surface area contributed by atoms with Gasteiger partial charge in [0.15, 0.2) is 0 Å². The van der Waals surface area contributed by atoms with Crippen molar-refractivity contribution in [3.05, 3.63) is 83.4 Å². The molecule has 2 heterocycles. The molecule has 1 amide bonds. The van der Waals surface area contributed by atoms with Crippen LogP contribution in [0.1, 0.15) is 40.9 Å². The molecule has 0 radical (unpaired) electrons. The lowest BCUT2D eigenvalue weighted by Crippen LogP contribution is -2.23. The molecule has 0 aliphatic heterocycles. The van der Waals surface area contributed by atoms with Gasteiger partial charge in [0.2, 0.25) is 0 Å². The standard InChI is InChI=1S/C22H24N4O/c1-3-17-8-5-9-18(4-2)21(17)26-20-11-19(14-24-15-20)22(27)25-13-16-7-6-10-23-12-16/h5-12,14-15,26H,3-4,13H2,1-2H3,(H,25,27). The van der Waals surface area contributed by atoms with Gasteiger partial charge in [-0.15, -0.1) is 0 Å². The van der Waals surface area contributed by atoms with Crippen LogP contribution in [-0.4, -0.2) is 15.9 Å². The van der Waals surface area contributed by atoms with Crippen LogP contribution in [0.5, 0.6) is 0 Å². The highest BCUT2D eigenvalue weighted by molar-refractivity contribution is 5.94. The first kappa shape index (κ1) is 18.6. The Morgan fingerprint density at radius 3 is 2.41 bits per heavy atom. The van der Waals surface area contributed by atoms with E-state index in [-0.39, 0.29) is 5.91 Å². The highest BCUT2D eigenvalue weighted by Crippen LogP contribution is 2.26. The van der Waals surface area contributed by atoms with E-state index in [4.69, 9.17) is 0 Å². The Kier molecular flexibility index (Phi) is 6.15. The fraction of sp³-hybridized carbons (Fsp3) is 0.227. The Labute approximate surface area is 159 Å². The fourth-order valence-electron chi connectivity index (χ4n) is 2.97. The number of aromatic nitrogens is 2. The Hall–Kier alpha value is -3.21. The molecule has 0 spiro atoms. The first-order valence-corrected chi connectivity index (χ1v) is 9.21. The van der Waals surface area contributed by atoms with Crippen molar-refractivity contribution in [2.45, 2.75) is 33.2 Å². The number of nitrogens with zero attached hydrogens (tertiary/aromatic N) is 2. The van der Waals surface area contributed by atoms with Gasteiger partial charge in [-0.3, -0.25) is 14.8 Å². The Bertz CT molecular complexity index is 887. The molecule has 3 aromatic rings. The van der Waals surface area contributed by atoms with E-state index in [1.807, 2.05) is 18.2 Å². The van der Waals surface area contributed by atoms with Crippen molar-refractivity contribution in [1.29, 1.82) is 0 Å². The minimum atomic E-state index is -0.158. The van der Waals surface area contributed by atoms with Crippen molar-refractivity contribution in [2.24, 2.45) is 0 Å². The van der Waals surface area contributed by atoms with E-state index in [1.54, 1.807) is 24.8 Å². The lowest BCUT2D eigenvalue weighted by Gasteiger charge is -2.15. The summed E-state index contributed by atoms with van der Waals surface area (Å²) in [5.74, 6) is -0.158. The monoisotopic (exact) mass is 360 g/mol. The van der Waals surface area contributed by atoms with Crippen LogP contribution in [0.2, 0.25) is 0 Å². The van der Waals surface area contributed by atoms with Gasteiger partial charge in [0.05, 0.1) is 17.4 Å². The molecule has 0 aliphatic rings. The van der Waals surface area contributed by atoms with Crippen LogP contribution in [0.4, 0.5) is 11.4 Å². The average Bonchev–Trinajstić information content (AvgIpc) is 2.73. The molecular formula is C22H24N4O. The summed E-state index contributed by atoms with van der Waals surface area (Å²) >= 11 is 0. The van der Waals surface area contributed by atoms with E-state index in [1.165, 1.54) is 11.1 Å². The number of pyridine rings is 2. The quantitative estimate of drug-likeness (QED) is 0.660. The molecule has 0 aliphatic carbocycles. The zero-order valence-corrected chi connectivity index (χ0v) is 15.7. The topological polar surface area (TPSA) is 66.9 Å². The summed E-state index contributed by atoms with van der Waals surface area (Å²) < 4.78 is 0. The summed E-state index contributed by atoms with van der Waals surface area (Å²) in [7, 11) is 0. The third-order valence-electron chi connectivity index (χ3n) is 4.44. The predicted molar refractivity (Wildman–Crippen MR) is 108 cm³/mol. The Morgan fingerprint density at radius 1 is 0.963 bits per heavy atom. The van der Waals surface area contributed by atoms with Gasteiger partial charge in [0.25, 0.3) is 5.91 Å². The van der Waals surface area contributed by atoms with E-state index < -0.39 is 0 Å². The van der Waals surface area contributed by atoms with Crippen LogP contribution < -0.4 is 10.6 Å². The van der Waals surface area contributed by atoms with Crippen molar-refractivity contribution in [3.8, 4) is 0 Å². The van der Waals surface area contributed by atoms with Crippen LogP contribution in [0, 0.1) is 0 Å². The molecule has 0 atom stereocenters. The van der Waals surface area contributed by atoms with Crippen molar-refractivity contribution in [3.63, 3.8) is 0 Å². The fourth-order valence-corrected chi connectivity index (χ4v) is 2.97. The number of anilines is 2. The zero-order valence-electron chi connectivity index (χ0n) is 15.7. The maximum atomic E-state index is 12.5. The van der Waals surface area contributed by atoms with Crippen molar-refractivity contribution in [1.82, 2.24) is 15.3 Å². The number of rotatable bonds is 7. The van der Waals surface area contributed by atoms with Gasteiger partial charge in [-0.2, -0.15) is 0 Å². The van der Waals surface area contributed by atoms with Gasteiger partial charge < -0.3 is 10.6 Å². The van der Waals surface area contributed by atoms with E-state index in [0.29, 0.717) is 12.1 Å². The largest absolute Gasteiger partial charge is 0.354 e. The minimum absolute atomic E-state index is 0.158. The highest BCUT2D eigenvalue weighted by Gasteiger charge is 2.10. The first-order valence-electron chi connectivity index (χ1n) is 9.21. The van der Waals surface area contributed by atoms with E-state index >= 15 is 0 Å². The average molecular weight is 360 g/mol. The smallest absolute Gasteiger partial charge is 0.253 e. The summed E-state index contributed by atoms with van der Waals surface area (Å²) in [6.45, 7) is 4.71. The van der Waals surface area contributed by atoms with Crippen molar-refractivity contribution >= 4 is 17.3 Å². The van der Waals surface area contributed by atoms with Gasteiger partial charge >= 0.3 is 0 Å². The summed E-state index contributed by atoms with van der Waals surface area (Å²) in [5, 5.41) is 6.36. The molecule has 0 saturated heterocycles. The molecule has 5 heteroatoms. The number of carbonyl (C=O) groups is 1. The molecule has 2 aromatic heterocycles. The zero-order chi connectivity index (χ0) is 19.1. The second kappa shape index (κ2) is 8.94. The third-order valence-corrected chi connectivity index (χ3v) is 4.44. The number of amides is 1. The highest BCUT2D eigenvalue weighted by atomic mass is 16.1. The lowest BCUT2D eigenvalue weighted by atomic mass is 10.0. The minimum Gasteiger partial charge on any atom is -0.354 e. The van der Waals surface area contributed by atoms with E-state index in [2.05, 4.69) is 52.6 Å². The van der Waals surface area contributed by atoms with Gasteiger partial charge in [0, 0.05) is 30.8 Å². The molecule has 0 fully saturated rings. The summed E-state index contributed by atoms with van der Waals surface area (Å²) in [6.07, 6.45) is 8.65. The second-order valence-electron chi connectivity index (χ2n) is 6.29. The van der Waals surface area contributed by atoms with Crippen LogP contribution in [-0.2, 0) is 19.4 Å². The predicted octanol–water partition coefficient (Wildman–Crippen LogP) is 4.28. The lowest BCUT2D eigenvalue weighted by molar-refractivity contribution is 0.0950. The molecule has 0 saturated carbocycles. The summed E-state index contributed by atoms with van der Waals surface area (Å²) in [5.41, 5.74) is 5.90. The molecule has 1 aromatic carbocycles. The van der Waals surface area contributed by atoms with E-state index in [0.717, 1.165) is 29.8 Å². The van der Waals surface area contributed by atoms with Crippen LogP contribution in [0.25, 0.3) is 0 Å². The Balaban J connectivity index is 1.75. The van der Waals surface area contributed by atoms with Crippen molar-refractivity contribution in [2.75, 3.05) is 5.32 Å².